The van der Waals surface area contributed by atoms with Gasteiger partial charge in [0.05, 0.1) is 5.60 Å². The molecule has 0 spiro atoms. The van der Waals surface area contributed by atoms with Gasteiger partial charge >= 0.3 is 12.0 Å². The number of aliphatic hydroxyl groups is 1. The molecular formula is C11H21N3O5. The summed E-state index contributed by atoms with van der Waals surface area (Å²) in [6.07, 6.45) is 0. The first-order valence-electron chi connectivity index (χ1n) is 6.11. The first kappa shape index (κ1) is 15.7. The van der Waals surface area contributed by atoms with E-state index < -0.39 is 24.2 Å². The molecule has 0 aromatic carbocycles. The van der Waals surface area contributed by atoms with Crippen LogP contribution in [0.15, 0.2) is 0 Å². The molecule has 1 aliphatic heterocycles. The van der Waals surface area contributed by atoms with Crippen molar-refractivity contribution in [1.82, 2.24) is 15.3 Å². The lowest BCUT2D eigenvalue weighted by Crippen LogP contribution is -2.54. The van der Waals surface area contributed by atoms with Crippen LogP contribution in [0.4, 0.5) is 4.79 Å². The second-order valence-corrected chi connectivity index (χ2v) is 5.17. The third-order valence-electron chi connectivity index (χ3n) is 2.63. The van der Waals surface area contributed by atoms with Crippen LogP contribution in [0.3, 0.4) is 0 Å². The lowest BCUT2D eigenvalue weighted by atomic mass is 10.1. The summed E-state index contributed by atoms with van der Waals surface area (Å²) in [4.78, 5) is 30.0. The van der Waals surface area contributed by atoms with Gasteiger partial charge in [-0.2, -0.15) is 0 Å². The van der Waals surface area contributed by atoms with Crippen LogP contribution in [-0.4, -0.2) is 76.9 Å². The second-order valence-electron chi connectivity index (χ2n) is 5.17. The highest BCUT2D eigenvalue weighted by Crippen LogP contribution is 2.08. The zero-order valence-electron chi connectivity index (χ0n) is 11.3. The number of carboxylic acid groups (broad SMARTS) is 1. The number of urea groups is 1. The molecule has 0 aliphatic carbocycles. The van der Waals surface area contributed by atoms with Crippen molar-refractivity contribution in [3.8, 4) is 0 Å². The largest absolute Gasteiger partial charge is 0.479 e. The van der Waals surface area contributed by atoms with E-state index in [1.54, 1.807) is 18.7 Å². The van der Waals surface area contributed by atoms with Crippen molar-refractivity contribution in [3.05, 3.63) is 0 Å². The predicted octanol–water partition coefficient (Wildman–Crippen LogP) is -0.899. The van der Waals surface area contributed by atoms with Gasteiger partial charge in [-0.3, -0.25) is 9.74 Å². The van der Waals surface area contributed by atoms with E-state index in [0.717, 1.165) is 0 Å². The van der Waals surface area contributed by atoms with Crippen LogP contribution in [0.25, 0.3) is 0 Å². The van der Waals surface area contributed by atoms with Crippen LogP contribution in [0.5, 0.6) is 0 Å². The first-order valence-corrected chi connectivity index (χ1v) is 6.11. The number of piperazine rings is 1. The lowest BCUT2D eigenvalue weighted by molar-refractivity contribution is -0.144. The monoisotopic (exact) mass is 275 g/mol. The van der Waals surface area contributed by atoms with Crippen molar-refractivity contribution >= 4 is 12.0 Å². The molecule has 1 fully saturated rings. The van der Waals surface area contributed by atoms with Crippen LogP contribution in [0, 0.1) is 0 Å². The van der Waals surface area contributed by atoms with Crippen LogP contribution in [0.1, 0.15) is 13.8 Å². The number of aliphatic carboxylic acids is 1. The standard InChI is InChI=1S/C11H21N3O5/c1-11(2,18)8-13-3-5-14(6-4-13)10(17)12-19-7-9(15)16/h18H,3-8H2,1-2H3,(H,12,17)(H,15,16). The van der Waals surface area contributed by atoms with Crippen molar-refractivity contribution in [3.63, 3.8) is 0 Å². The van der Waals surface area contributed by atoms with Gasteiger partial charge in [0.25, 0.3) is 0 Å². The minimum Gasteiger partial charge on any atom is -0.479 e. The molecule has 8 heteroatoms. The number of rotatable bonds is 5. The minimum absolute atomic E-state index is 0.441. The van der Waals surface area contributed by atoms with Gasteiger partial charge in [-0.15, -0.1) is 0 Å². The molecule has 0 atom stereocenters. The van der Waals surface area contributed by atoms with E-state index in [0.29, 0.717) is 32.7 Å². The van der Waals surface area contributed by atoms with Gasteiger partial charge in [-0.05, 0) is 13.8 Å². The normalized spacial score (nSPS) is 17.3. The number of amides is 2. The molecule has 1 heterocycles. The Morgan fingerprint density at radius 2 is 1.84 bits per heavy atom. The summed E-state index contributed by atoms with van der Waals surface area (Å²) in [5.41, 5.74) is 1.33. The Morgan fingerprint density at radius 3 is 2.32 bits per heavy atom. The SMILES string of the molecule is CC(C)(O)CN1CCN(C(=O)NOCC(=O)O)CC1. The minimum atomic E-state index is -1.14. The highest BCUT2D eigenvalue weighted by molar-refractivity contribution is 5.73. The van der Waals surface area contributed by atoms with Crippen LogP contribution < -0.4 is 5.48 Å². The zero-order valence-corrected chi connectivity index (χ0v) is 11.3. The summed E-state index contributed by atoms with van der Waals surface area (Å²) in [5, 5.41) is 18.1. The molecule has 3 N–H and O–H groups in total. The molecule has 1 saturated heterocycles. The highest BCUT2D eigenvalue weighted by Gasteiger charge is 2.25. The highest BCUT2D eigenvalue weighted by atomic mass is 16.7. The van der Waals surface area contributed by atoms with E-state index in [9.17, 15) is 14.7 Å². The molecule has 0 aromatic rings. The van der Waals surface area contributed by atoms with Gasteiger partial charge < -0.3 is 15.1 Å². The smallest absolute Gasteiger partial charge is 0.341 e. The average Bonchev–Trinajstić information content (AvgIpc) is 2.27. The molecule has 19 heavy (non-hydrogen) atoms. The fourth-order valence-electron chi connectivity index (χ4n) is 1.88. The number of carbonyl (C=O) groups is 2. The third-order valence-corrected chi connectivity index (χ3v) is 2.63. The van der Waals surface area contributed by atoms with E-state index in [1.165, 1.54) is 0 Å². The molecule has 110 valence electrons. The summed E-state index contributed by atoms with van der Waals surface area (Å²) in [6, 6.07) is -0.441. The average molecular weight is 275 g/mol. The molecule has 0 radical (unpaired) electrons. The van der Waals surface area contributed by atoms with E-state index in [4.69, 9.17) is 5.11 Å². The Balaban J connectivity index is 2.25. The topological polar surface area (TPSA) is 102 Å². The van der Waals surface area contributed by atoms with E-state index in [-0.39, 0.29) is 0 Å². The van der Waals surface area contributed by atoms with Gasteiger partial charge in [0.1, 0.15) is 0 Å². The Hall–Kier alpha value is -1.38. The van der Waals surface area contributed by atoms with Crippen molar-refractivity contribution in [2.45, 2.75) is 19.4 Å². The number of carbonyl (C=O) groups excluding carboxylic acids is 1. The molecule has 0 aromatic heterocycles. The molecule has 1 rings (SSSR count). The van der Waals surface area contributed by atoms with Gasteiger partial charge in [0, 0.05) is 32.7 Å². The summed E-state index contributed by atoms with van der Waals surface area (Å²) in [6.45, 7) is 5.82. The van der Waals surface area contributed by atoms with Gasteiger partial charge in [-0.1, -0.05) is 0 Å². The fraction of sp³-hybridized carbons (Fsp3) is 0.818. The summed E-state index contributed by atoms with van der Waals surface area (Å²) < 4.78 is 0. The molecule has 0 unspecified atom stereocenters. The van der Waals surface area contributed by atoms with Crippen LogP contribution >= 0.6 is 0 Å². The second kappa shape index (κ2) is 6.69. The van der Waals surface area contributed by atoms with Crippen LogP contribution in [0.2, 0.25) is 0 Å². The fourth-order valence-corrected chi connectivity index (χ4v) is 1.88. The zero-order chi connectivity index (χ0) is 14.5. The van der Waals surface area contributed by atoms with E-state index >= 15 is 0 Å². The Morgan fingerprint density at radius 1 is 1.26 bits per heavy atom. The van der Waals surface area contributed by atoms with E-state index in [2.05, 4.69) is 15.2 Å². The number of carboxylic acids is 1. The summed E-state index contributed by atoms with van der Waals surface area (Å²) in [7, 11) is 0. The third kappa shape index (κ3) is 6.37. The number of hydrogen-bond donors (Lipinski definition) is 3. The predicted molar refractivity (Wildman–Crippen MR) is 66.4 cm³/mol. The Bertz CT molecular complexity index is 321. The molecule has 2 amide bonds. The molecular weight excluding hydrogens is 254 g/mol. The van der Waals surface area contributed by atoms with E-state index in [1.807, 2.05) is 0 Å². The number of nitrogens with zero attached hydrogens (tertiary/aromatic N) is 2. The van der Waals surface area contributed by atoms with Crippen molar-refractivity contribution in [1.29, 1.82) is 0 Å². The van der Waals surface area contributed by atoms with Gasteiger partial charge in [0.2, 0.25) is 0 Å². The van der Waals surface area contributed by atoms with Gasteiger partial charge in [0.15, 0.2) is 6.61 Å². The van der Waals surface area contributed by atoms with Crippen LogP contribution in [-0.2, 0) is 9.63 Å². The number of nitrogens with one attached hydrogen (secondary N) is 1. The molecule has 1 aliphatic rings. The first-order chi connectivity index (χ1) is 8.78. The molecule has 8 nitrogen and oxygen atoms in total. The number of hydroxylamine groups is 1. The van der Waals surface area contributed by atoms with Crippen molar-refractivity contribution < 1.29 is 24.6 Å². The molecule has 0 bridgehead atoms. The van der Waals surface area contributed by atoms with Crippen molar-refractivity contribution in [2.75, 3.05) is 39.3 Å². The number of β-amino-alcohol motifs (C(OH)–C–C–N with tert-alkyl or cyclic N) is 1. The number of hydrogen-bond acceptors (Lipinski definition) is 5. The quantitative estimate of drug-likeness (QED) is 0.562. The maximum Gasteiger partial charge on any atom is 0.341 e. The van der Waals surface area contributed by atoms with Gasteiger partial charge in [-0.25, -0.2) is 15.1 Å². The maximum atomic E-state index is 11.6. The summed E-state index contributed by atoms with van der Waals surface area (Å²) in [5.74, 6) is -1.14. The van der Waals surface area contributed by atoms with Crippen molar-refractivity contribution in [2.24, 2.45) is 0 Å². The lowest BCUT2D eigenvalue weighted by Gasteiger charge is -2.37. The Kier molecular flexibility index (Phi) is 5.52. The Labute approximate surface area is 111 Å². The maximum absolute atomic E-state index is 11.6. The summed E-state index contributed by atoms with van der Waals surface area (Å²) >= 11 is 0. The molecule has 0 saturated carbocycles.